The Morgan fingerprint density at radius 2 is 2.10 bits per heavy atom. The van der Waals surface area contributed by atoms with Gasteiger partial charge in [-0.25, -0.2) is 0 Å². The zero-order valence-electron chi connectivity index (χ0n) is 12.0. The van der Waals surface area contributed by atoms with Crippen LogP contribution in [0.4, 0.5) is 0 Å². The molecule has 1 aromatic heterocycles. The summed E-state index contributed by atoms with van der Waals surface area (Å²) in [5.74, 6) is -0.784. The van der Waals surface area contributed by atoms with Crippen molar-refractivity contribution in [1.29, 1.82) is 0 Å². The van der Waals surface area contributed by atoms with E-state index in [0.717, 1.165) is 35.1 Å². The van der Waals surface area contributed by atoms with Crippen molar-refractivity contribution in [2.75, 3.05) is 13.1 Å². The first-order chi connectivity index (χ1) is 9.60. The molecule has 20 heavy (non-hydrogen) atoms. The van der Waals surface area contributed by atoms with Crippen LogP contribution in [0.15, 0.2) is 30.3 Å². The minimum Gasteiger partial charge on any atom is -0.480 e. The van der Waals surface area contributed by atoms with E-state index >= 15 is 0 Å². The summed E-state index contributed by atoms with van der Waals surface area (Å²) in [5, 5.41) is 10.1. The lowest BCUT2D eigenvalue weighted by Crippen LogP contribution is -2.30. The zero-order valence-corrected chi connectivity index (χ0v) is 12.0. The fourth-order valence-corrected chi connectivity index (χ4v) is 2.49. The lowest BCUT2D eigenvalue weighted by molar-refractivity contribution is -0.138. The predicted octanol–water partition coefficient (Wildman–Crippen LogP) is 2.84. The third-order valence-electron chi connectivity index (χ3n) is 3.22. The van der Waals surface area contributed by atoms with Crippen LogP contribution in [-0.4, -0.2) is 34.0 Å². The fraction of sp³-hybridized carbons (Fsp3) is 0.375. The van der Waals surface area contributed by atoms with Gasteiger partial charge in [-0.2, -0.15) is 0 Å². The van der Waals surface area contributed by atoms with Gasteiger partial charge in [-0.1, -0.05) is 25.1 Å². The number of aliphatic carboxylic acids is 1. The molecule has 4 heteroatoms. The van der Waals surface area contributed by atoms with Crippen molar-refractivity contribution in [2.45, 2.75) is 26.8 Å². The highest BCUT2D eigenvalue weighted by atomic mass is 16.4. The third kappa shape index (κ3) is 3.54. The Hall–Kier alpha value is -1.94. The smallest absolute Gasteiger partial charge is 0.317 e. The van der Waals surface area contributed by atoms with Crippen molar-refractivity contribution in [2.24, 2.45) is 0 Å². The molecule has 0 unspecified atom stereocenters. The van der Waals surface area contributed by atoms with Crippen LogP contribution >= 0.6 is 0 Å². The molecule has 0 aliphatic carbocycles. The van der Waals surface area contributed by atoms with Crippen LogP contribution in [0.2, 0.25) is 0 Å². The Morgan fingerprint density at radius 1 is 1.35 bits per heavy atom. The number of para-hydroxylation sites is 1. The van der Waals surface area contributed by atoms with Crippen molar-refractivity contribution < 1.29 is 9.90 Å². The number of carboxylic acid groups (broad SMARTS) is 1. The van der Waals surface area contributed by atoms with Crippen LogP contribution in [0.3, 0.4) is 0 Å². The maximum atomic E-state index is 11.0. The van der Waals surface area contributed by atoms with Crippen LogP contribution in [0.25, 0.3) is 10.9 Å². The van der Waals surface area contributed by atoms with Crippen LogP contribution in [-0.2, 0) is 11.3 Å². The molecule has 0 atom stereocenters. The molecule has 106 valence electrons. The Kier molecular flexibility index (Phi) is 4.69. The van der Waals surface area contributed by atoms with E-state index < -0.39 is 5.97 Å². The topological polar surface area (TPSA) is 53.4 Å². The van der Waals surface area contributed by atoms with Crippen LogP contribution in [0.5, 0.6) is 0 Å². The SMILES string of the molecule is CCCN(CC(=O)O)Cc1cc(C)nc2ccccc12. The van der Waals surface area contributed by atoms with Gasteiger partial charge in [0, 0.05) is 17.6 Å². The van der Waals surface area contributed by atoms with Crippen molar-refractivity contribution in [3.8, 4) is 0 Å². The highest BCUT2D eigenvalue weighted by molar-refractivity contribution is 5.82. The van der Waals surface area contributed by atoms with E-state index in [2.05, 4.69) is 11.9 Å². The molecule has 0 saturated carbocycles. The summed E-state index contributed by atoms with van der Waals surface area (Å²) >= 11 is 0. The molecule has 0 saturated heterocycles. The Morgan fingerprint density at radius 3 is 2.80 bits per heavy atom. The lowest BCUT2D eigenvalue weighted by atomic mass is 10.1. The number of aryl methyl sites for hydroxylation is 1. The largest absolute Gasteiger partial charge is 0.480 e. The highest BCUT2D eigenvalue weighted by Gasteiger charge is 2.12. The van der Waals surface area contributed by atoms with E-state index in [1.165, 1.54) is 0 Å². The average molecular weight is 272 g/mol. The summed E-state index contributed by atoms with van der Waals surface area (Å²) < 4.78 is 0. The van der Waals surface area contributed by atoms with Crippen molar-refractivity contribution in [1.82, 2.24) is 9.88 Å². The van der Waals surface area contributed by atoms with Gasteiger partial charge < -0.3 is 5.11 Å². The minimum atomic E-state index is -0.784. The molecule has 2 aromatic rings. The van der Waals surface area contributed by atoms with Gasteiger partial charge in [0.1, 0.15) is 0 Å². The molecule has 0 amide bonds. The average Bonchev–Trinajstić information content (AvgIpc) is 2.38. The van der Waals surface area contributed by atoms with Gasteiger partial charge in [0.15, 0.2) is 0 Å². The number of rotatable bonds is 6. The lowest BCUT2D eigenvalue weighted by Gasteiger charge is -2.20. The third-order valence-corrected chi connectivity index (χ3v) is 3.22. The first-order valence-corrected chi connectivity index (χ1v) is 6.89. The van der Waals surface area contributed by atoms with Gasteiger partial charge in [-0.3, -0.25) is 14.7 Å². The molecule has 4 nitrogen and oxygen atoms in total. The molecule has 1 N–H and O–H groups in total. The quantitative estimate of drug-likeness (QED) is 0.878. The van der Waals surface area contributed by atoms with Gasteiger partial charge in [-0.05, 0) is 37.6 Å². The number of hydrogen-bond acceptors (Lipinski definition) is 3. The number of hydrogen-bond donors (Lipinski definition) is 1. The Bertz CT molecular complexity index is 610. The van der Waals surface area contributed by atoms with E-state index in [0.29, 0.717) is 6.54 Å². The van der Waals surface area contributed by atoms with Gasteiger partial charge in [0.25, 0.3) is 0 Å². The summed E-state index contributed by atoms with van der Waals surface area (Å²) in [7, 11) is 0. The van der Waals surface area contributed by atoms with Crippen molar-refractivity contribution in [3.05, 3.63) is 41.6 Å². The van der Waals surface area contributed by atoms with E-state index in [9.17, 15) is 4.79 Å². The first kappa shape index (κ1) is 14.5. The van der Waals surface area contributed by atoms with Crippen LogP contribution < -0.4 is 0 Å². The number of aromatic nitrogens is 1. The molecule has 2 rings (SSSR count). The molecule has 0 aliphatic rings. The van der Waals surface area contributed by atoms with Crippen LogP contribution in [0, 0.1) is 6.92 Å². The van der Waals surface area contributed by atoms with Gasteiger partial charge >= 0.3 is 5.97 Å². The van der Waals surface area contributed by atoms with Crippen molar-refractivity contribution in [3.63, 3.8) is 0 Å². The number of carboxylic acids is 1. The number of nitrogens with zero attached hydrogens (tertiary/aromatic N) is 2. The summed E-state index contributed by atoms with van der Waals surface area (Å²) in [5.41, 5.74) is 3.07. The Balaban J connectivity index is 2.33. The maximum absolute atomic E-state index is 11.0. The number of pyridine rings is 1. The summed E-state index contributed by atoms with van der Waals surface area (Å²) in [6.07, 6.45) is 0.940. The summed E-state index contributed by atoms with van der Waals surface area (Å²) in [4.78, 5) is 17.4. The van der Waals surface area contributed by atoms with Crippen LogP contribution in [0.1, 0.15) is 24.6 Å². The van der Waals surface area contributed by atoms with Gasteiger partial charge in [0.05, 0.1) is 12.1 Å². The van der Waals surface area contributed by atoms with E-state index in [1.54, 1.807) is 0 Å². The van der Waals surface area contributed by atoms with Gasteiger partial charge in [-0.15, -0.1) is 0 Å². The molecule has 1 aromatic carbocycles. The predicted molar refractivity (Wildman–Crippen MR) is 79.7 cm³/mol. The van der Waals surface area contributed by atoms with E-state index in [1.807, 2.05) is 42.2 Å². The summed E-state index contributed by atoms with van der Waals surface area (Å²) in [6, 6.07) is 10.0. The molecular formula is C16H20N2O2. The second-order valence-electron chi connectivity index (χ2n) is 5.04. The zero-order chi connectivity index (χ0) is 14.5. The maximum Gasteiger partial charge on any atom is 0.317 e. The molecule has 0 fully saturated rings. The molecule has 1 heterocycles. The monoisotopic (exact) mass is 272 g/mol. The second-order valence-corrected chi connectivity index (χ2v) is 5.04. The number of carbonyl (C=O) groups is 1. The second kappa shape index (κ2) is 6.48. The van der Waals surface area contributed by atoms with Crippen molar-refractivity contribution >= 4 is 16.9 Å². The molecule has 0 radical (unpaired) electrons. The molecule has 0 bridgehead atoms. The minimum absolute atomic E-state index is 0.0730. The fourth-order valence-electron chi connectivity index (χ4n) is 2.49. The highest BCUT2D eigenvalue weighted by Crippen LogP contribution is 2.19. The summed E-state index contributed by atoms with van der Waals surface area (Å²) in [6.45, 7) is 5.53. The number of benzene rings is 1. The standard InChI is InChI=1S/C16H20N2O2/c1-3-8-18(11-16(19)20)10-13-9-12(2)17-15-7-5-4-6-14(13)15/h4-7,9H,3,8,10-11H2,1-2H3,(H,19,20). The first-order valence-electron chi connectivity index (χ1n) is 6.89. The molecule has 0 spiro atoms. The number of fused-ring (bicyclic) bond motifs is 1. The van der Waals surface area contributed by atoms with E-state index in [4.69, 9.17) is 5.11 Å². The molecular weight excluding hydrogens is 252 g/mol. The van der Waals surface area contributed by atoms with E-state index in [-0.39, 0.29) is 6.54 Å². The Labute approximate surface area is 119 Å². The normalized spacial score (nSPS) is 11.2. The van der Waals surface area contributed by atoms with Gasteiger partial charge in [0.2, 0.25) is 0 Å². The molecule has 0 aliphatic heterocycles.